The van der Waals surface area contributed by atoms with Gasteiger partial charge in [-0.15, -0.1) is 0 Å². The summed E-state index contributed by atoms with van der Waals surface area (Å²) in [5, 5.41) is 58.5. The molecular formula is C22H22O11. The molecule has 5 atom stereocenters. The minimum atomic E-state index is -1.64. The fourth-order valence-corrected chi connectivity index (χ4v) is 3.57. The average molecular weight is 462 g/mol. The molecule has 33 heavy (non-hydrogen) atoms. The van der Waals surface area contributed by atoms with E-state index in [0.717, 1.165) is 0 Å². The third kappa shape index (κ3) is 4.08. The molecule has 0 unspecified atom stereocenters. The van der Waals surface area contributed by atoms with Crippen molar-refractivity contribution < 1.29 is 54.4 Å². The first-order valence-electron chi connectivity index (χ1n) is 9.89. The highest BCUT2D eigenvalue weighted by Gasteiger charge is 2.45. The molecular weight excluding hydrogens is 440 g/mol. The van der Waals surface area contributed by atoms with Crippen LogP contribution in [0.1, 0.15) is 15.9 Å². The predicted octanol–water partition coefficient (Wildman–Crippen LogP) is -0.0987. The molecule has 0 aliphatic carbocycles. The Kier molecular flexibility index (Phi) is 6.15. The Morgan fingerprint density at radius 2 is 1.79 bits per heavy atom. The van der Waals surface area contributed by atoms with E-state index in [1.54, 1.807) is 0 Å². The quantitative estimate of drug-likeness (QED) is 0.258. The average Bonchev–Trinajstić information content (AvgIpc) is 3.11. The fourth-order valence-electron chi connectivity index (χ4n) is 3.57. The maximum absolute atomic E-state index is 12.8. The van der Waals surface area contributed by atoms with Crippen LogP contribution in [0.4, 0.5) is 0 Å². The van der Waals surface area contributed by atoms with Gasteiger partial charge in [0.05, 0.1) is 19.3 Å². The lowest BCUT2D eigenvalue weighted by Crippen LogP contribution is -2.60. The largest absolute Gasteiger partial charge is 0.504 e. The maximum atomic E-state index is 12.8. The van der Waals surface area contributed by atoms with E-state index in [9.17, 15) is 35.4 Å². The number of aliphatic hydroxyl groups is 4. The third-order valence-corrected chi connectivity index (χ3v) is 5.35. The van der Waals surface area contributed by atoms with Crippen LogP contribution in [0.5, 0.6) is 28.7 Å². The summed E-state index contributed by atoms with van der Waals surface area (Å²) in [5.74, 6) is -1.14. The number of fused-ring (bicyclic) bond motifs is 1. The first kappa shape index (κ1) is 22.8. The standard InChI is InChI=1S/C22H22O11/c1-30-21-13(32-22-19(29)18(28)17(27)15(8-23)33-22)5-3-10-16(26)14(31-20(10)21)7-9-2-4-11(24)12(25)6-9/h2-7,15,17-19,22-25,27-29H,8H2,1H3/t15-,17-,18+,19-,22+/m0/s1. The van der Waals surface area contributed by atoms with Crippen LogP contribution in [0, 0.1) is 0 Å². The number of Topliss-reactive ketones (excluding diaryl/α,β-unsaturated/α-hetero) is 1. The number of aliphatic hydroxyl groups excluding tert-OH is 4. The van der Waals surface area contributed by atoms with Crippen molar-refractivity contribution in [2.45, 2.75) is 30.7 Å². The molecule has 2 aliphatic heterocycles. The molecule has 4 rings (SSSR count). The molecule has 6 N–H and O–H groups in total. The van der Waals surface area contributed by atoms with Crippen molar-refractivity contribution in [1.29, 1.82) is 0 Å². The minimum absolute atomic E-state index is 0.00904. The number of phenolic OH excluding ortho intramolecular Hbond substituents is 2. The molecule has 2 aliphatic rings. The van der Waals surface area contributed by atoms with E-state index in [1.807, 2.05) is 0 Å². The summed E-state index contributed by atoms with van der Waals surface area (Å²) in [5.41, 5.74) is 0.570. The van der Waals surface area contributed by atoms with Crippen molar-refractivity contribution in [3.05, 3.63) is 47.2 Å². The molecule has 2 aromatic carbocycles. The van der Waals surface area contributed by atoms with Gasteiger partial charge < -0.3 is 49.6 Å². The second kappa shape index (κ2) is 8.89. The van der Waals surface area contributed by atoms with Gasteiger partial charge in [-0.05, 0) is 35.9 Å². The zero-order valence-corrected chi connectivity index (χ0v) is 17.3. The number of allylic oxidation sites excluding steroid dienone is 1. The molecule has 176 valence electrons. The summed E-state index contributed by atoms with van der Waals surface area (Å²) in [6.45, 7) is -0.620. The van der Waals surface area contributed by atoms with Crippen LogP contribution in [0.2, 0.25) is 0 Å². The Labute approximate surface area is 187 Å². The van der Waals surface area contributed by atoms with Crippen molar-refractivity contribution in [2.75, 3.05) is 13.7 Å². The van der Waals surface area contributed by atoms with Crippen LogP contribution in [0.3, 0.4) is 0 Å². The van der Waals surface area contributed by atoms with Crippen LogP contribution >= 0.6 is 0 Å². The third-order valence-electron chi connectivity index (χ3n) is 5.35. The number of methoxy groups -OCH3 is 1. The van der Waals surface area contributed by atoms with Gasteiger partial charge in [0.25, 0.3) is 0 Å². The Bertz CT molecular complexity index is 1090. The molecule has 1 saturated heterocycles. The molecule has 0 spiro atoms. The number of aromatic hydroxyl groups is 2. The van der Waals surface area contributed by atoms with Crippen LogP contribution < -0.4 is 14.2 Å². The number of phenols is 2. The molecule has 0 radical (unpaired) electrons. The van der Waals surface area contributed by atoms with Crippen LogP contribution in [-0.4, -0.2) is 80.8 Å². The van der Waals surface area contributed by atoms with Gasteiger partial charge in [-0.2, -0.15) is 0 Å². The second-order valence-corrected chi connectivity index (χ2v) is 7.48. The summed E-state index contributed by atoms with van der Waals surface area (Å²) in [4.78, 5) is 12.8. The van der Waals surface area contributed by atoms with Gasteiger partial charge >= 0.3 is 0 Å². The lowest BCUT2D eigenvalue weighted by Gasteiger charge is -2.39. The van der Waals surface area contributed by atoms with Crippen molar-refractivity contribution in [3.63, 3.8) is 0 Å². The summed E-state index contributed by atoms with van der Waals surface area (Å²) in [6.07, 6.45) is -6.06. The number of hydrogen-bond donors (Lipinski definition) is 6. The SMILES string of the molecule is COc1c(O[C@@H]2O[C@@H](CO)[C@H](O)[C@@H](O)[C@@H]2O)ccc2c1OC(=Cc1ccc(O)c(O)c1)C2=O. The monoisotopic (exact) mass is 462 g/mol. The normalized spacial score (nSPS) is 27.8. The van der Waals surface area contributed by atoms with Crippen molar-refractivity contribution >= 4 is 11.9 Å². The van der Waals surface area contributed by atoms with Gasteiger partial charge in [0, 0.05) is 0 Å². The number of hydrogen-bond acceptors (Lipinski definition) is 11. The highest BCUT2D eigenvalue weighted by atomic mass is 16.7. The lowest BCUT2D eigenvalue weighted by atomic mass is 9.99. The summed E-state index contributed by atoms with van der Waals surface area (Å²) >= 11 is 0. The van der Waals surface area contributed by atoms with Crippen LogP contribution in [0.15, 0.2) is 36.1 Å². The zero-order chi connectivity index (χ0) is 23.9. The Morgan fingerprint density at radius 3 is 2.45 bits per heavy atom. The fraction of sp³-hybridized carbons (Fsp3) is 0.318. The highest BCUT2D eigenvalue weighted by molar-refractivity contribution is 6.15. The van der Waals surface area contributed by atoms with E-state index in [2.05, 4.69) is 0 Å². The number of benzene rings is 2. The number of rotatable bonds is 5. The molecule has 0 aromatic heterocycles. The first-order valence-corrected chi connectivity index (χ1v) is 9.89. The summed E-state index contributed by atoms with van der Waals surface area (Å²) in [6, 6.07) is 6.80. The van der Waals surface area contributed by atoms with E-state index in [4.69, 9.17) is 18.9 Å². The van der Waals surface area contributed by atoms with Gasteiger partial charge in [0.1, 0.15) is 24.4 Å². The number of carbonyl (C=O) groups excluding carboxylic acids is 1. The van der Waals surface area contributed by atoms with Gasteiger partial charge in [0.15, 0.2) is 28.8 Å². The van der Waals surface area contributed by atoms with Crippen molar-refractivity contribution in [2.24, 2.45) is 0 Å². The summed E-state index contributed by atoms with van der Waals surface area (Å²) in [7, 11) is 1.31. The Balaban J connectivity index is 1.62. The van der Waals surface area contributed by atoms with E-state index in [0.29, 0.717) is 5.56 Å². The number of carbonyl (C=O) groups is 1. The smallest absolute Gasteiger partial charge is 0.232 e. The van der Waals surface area contributed by atoms with Gasteiger partial charge in [0.2, 0.25) is 17.8 Å². The Hall–Kier alpha value is -3.35. The molecule has 11 nitrogen and oxygen atoms in total. The van der Waals surface area contributed by atoms with Gasteiger partial charge in [-0.1, -0.05) is 6.07 Å². The number of ketones is 1. The topological polar surface area (TPSA) is 175 Å². The van der Waals surface area contributed by atoms with Gasteiger partial charge in [-0.25, -0.2) is 0 Å². The molecule has 0 bridgehead atoms. The van der Waals surface area contributed by atoms with E-state index in [-0.39, 0.29) is 40.1 Å². The molecule has 2 aromatic rings. The second-order valence-electron chi connectivity index (χ2n) is 7.48. The molecule has 2 heterocycles. The lowest BCUT2D eigenvalue weighted by molar-refractivity contribution is -0.277. The van der Waals surface area contributed by atoms with Crippen molar-refractivity contribution in [1.82, 2.24) is 0 Å². The van der Waals surface area contributed by atoms with E-state index < -0.39 is 43.1 Å². The number of ether oxygens (including phenoxy) is 4. The van der Waals surface area contributed by atoms with Crippen molar-refractivity contribution in [3.8, 4) is 28.7 Å². The molecule has 0 amide bonds. The molecule has 1 fully saturated rings. The predicted molar refractivity (Wildman–Crippen MR) is 110 cm³/mol. The van der Waals surface area contributed by atoms with Crippen LogP contribution in [-0.2, 0) is 4.74 Å². The van der Waals surface area contributed by atoms with Crippen LogP contribution in [0.25, 0.3) is 6.08 Å². The zero-order valence-electron chi connectivity index (χ0n) is 17.3. The van der Waals surface area contributed by atoms with E-state index in [1.165, 1.54) is 43.5 Å². The molecule has 11 heteroatoms. The molecule has 0 saturated carbocycles. The summed E-state index contributed by atoms with van der Waals surface area (Å²) < 4.78 is 22.0. The maximum Gasteiger partial charge on any atom is 0.232 e. The minimum Gasteiger partial charge on any atom is -0.504 e. The van der Waals surface area contributed by atoms with E-state index >= 15 is 0 Å². The Morgan fingerprint density at radius 1 is 1.03 bits per heavy atom. The highest BCUT2D eigenvalue weighted by Crippen LogP contribution is 2.46. The first-order chi connectivity index (χ1) is 15.7. The van der Waals surface area contributed by atoms with Gasteiger partial charge in [-0.3, -0.25) is 4.79 Å².